The highest BCUT2D eigenvalue weighted by molar-refractivity contribution is 5.96. The summed E-state index contributed by atoms with van der Waals surface area (Å²) < 4.78 is 16.4. The van der Waals surface area contributed by atoms with Crippen molar-refractivity contribution in [2.45, 2.75) is 31.7 Å². The summed E-state index contributed by atoms with van der Waals surface area (Å²) in [5, 5.41) is 9.10. The molecule has 7 nitrogen and oxygen atoms in total. The topological polar surface area (TPSA) is 85.3 Å². The van der Waals surface area contributed by atoms with Crippen LogP contribution in [-0.4, -0.2) is 67.0 Å². The van der Waals surface area contributed by atoms with Crippen LogP contribution in [0.15, 0.2) is 24.3 Å². The van der Waals surface area contributed by atoms with Gasteiger partial charge in [0, 0.05) is 25.3 Å². The lowest BCUT2D eigenvalue weighted by Gasteiger charge is -2.31. The number of aliphatic carboxylic acids is 1. The van der Waals surface area contributed by atoms with Crippen LogP contribution in [0, 0.1) is 0 Å². The Morgan fingerprint density at radius 3 is 2.72 bits per heavy atom. The van der Waals surface area contributed by atoms with Crippen molar-refractivity contribution in [1.82, 2.24) is 4.90 Å². The van der Waals surface area contributed by atoms with Gasteiger partial charge < -0.3 is 24.2 Å². The summed E-state index contributed by atoms with van der Waals surface area (Å²) in [6.45, 7) is 2.44. The zero-order valence-corrected chi connectivity index (χ0v) is 14.1. The Balaban J connectivity index is 1.66. The maximum Gasteiger partial charge on any atom is 0.334 e. The number of morpholine rings is 1. The molecule has 2 aliphatic heterocycles. The number of carboxylic acid groups (broad SMARTS) is 1. The van der Waals surface area contributed by atoms with Crippen molar-refractivity contribution in [3.63, 3.8) is 0 Å². The van der Waals surface area contributed by atoms with E-state index >= 15 is 0 Å². The number of nitrogens with zero attached hydrogens (tertiary/aromatic N) is 1. The Bertz CT molecular complexity index is 613. The van der Waals surface area contributed by atoms with Gasteiger partial charge in [-0.1, -0.05) is 18.2 Å². The first-order valence-electron chi connectivity index (χ1n) is 8.56. The third-order valence-corrected chi connectivity index (χ3v) is 4.52. The highest BCUT2D eigenvalue weighted by Gasteiger charge is 2.30. The number of ether oxygens (including phenoxy) is 3. The second-order valence-electron chi connectivity index (χ2n) is 6.23. The molecule has 2 saturated heterocycles. The number of hydrogen-bond donors (Lipinski definition) is 1. The van der Waals surface area contributed by atoms with Crippen LogP contribution in [0.1, 0.15) is 28.8 Å². The Hall–Kier alpha value is -1.96. The minimum Gasteiger partial charge on any atom is -0.479 e. The highest BCUT2D eigenvalue weighted by atomic mass is 16.5. The number of carbonyl (C=O) groups excluding carboxylic acids is 1. The molecule has 2 aliphatic rings. The van der Waals surface area contributed by atoms with Crippen LogP contribution < -0.4 is 0 Å². The lowest BCUT2D eigenvalue weighted by atomic mass is 10.1. The Labute approximate surface area is 146 Å². The van der Waals surface area contributed by atoms with Crippen LogP contribution in [0.3, 0.4) is 0 Å². The maximum absolute atomic E-state index is 12.8. The third-order valence-electron chi connectivity index (χ3n) is 4.52. The molecule has 0 saturated carbocycles. The SMILES string of the molecule is O=C(O)C1CN(C(=O)c2ccccc2COC2CCOCC2)CCO1. The van der Waals surface area contributed by atoms with E-state index in [9.17, 15) is 9.59 Å². The lowest BCUT2D eigenvalue weighted by Crippen LogP contribution is -2.48. The fourth-order valence-corrected chi connectivity index (χ4v) is 3.06. The predicted molar refractivity (Wildman–Crippen MR) is 88.4 cm³/mol. The van der Waals surface area contributed by atoms with Crippen molar-refractivity contribution in [3.8, 4) is 0 Å². The molecule has 0 bridgehead atoms. The average Bonchev–Trinajstić information content (AvgIpc) is 2.67. The Kier molecular flexibility index (Phi) is 6.01. The first-order chi connectivity index (χ1) is 12.1. The van der Waals surface area contributed by atoms with Gasteiger partial charge in [-0.25, -0.2) is 4.79 Å². The van der Waals surface area contributed by atoms with Crippen molar-refractivity contribution in [2.75, 3.05) is 32.9 Å². The predicted octanol–water partition coefficient (Wildman–Crippen LogP) is 1.31. The van der Waals surface area contributed by atoms with E-state index in [0.717, 1.165) is 18.4 Å². The van der Waals surface area contributed by atoms with Gasteiger partial charge in [0.15, 0.2) is 6.10 Å². The fourth-order valence-electron chi connectivity index (χ4n) is 3.06. The maximum atomic E-state index is 12.8. The largest absolute Gasteiger partial charge is 0.479 e. The second-order valence-corrected chi connectivity index (χ2v) is 6.23. The number of carboxylic acids is 1. The molecule has 0 aliphatic carbocycles. The summed E-state index contributed by atoms with van der Waals surface area (Å²) in [5.74, 6) is -1.23. The van der Waals surface area contributed by atoms with Gasteiger partial charge in [-0.05, 0) is 24.5 Å². The van der Waals surface area contributed by atoms with E-state index in [1.54, 1.807) is 12.1 Å². The molecule has 1 aromatic carbocycles. The quantitative estimate of drug-likeness (QED) is 0.863. The molecule has 7 heteroatoms. The van der Waals surface area contributed by atoms with Gasteiger partial charge in [0.25, 0.3) is 5.91 Å². The normalized spacial score (nSPS) is 21.9. The van der Waals surface area contributed by atoms with Crippen molar-refractivity contribution >= 4 is 11.9 Å². The number of benzene rings is 1. The molecule has 1 atom stereocenters. The van der Waals surface area contributed by atoms with E-state index in [1.165, 1.54) is 4.90 Å². The number of hydrogen-bond acceptors (Lipinski definition) is 5. The summed E-state index contributed by atoms with van der Waals surface area (Å²) in [6.07, 6.45) is 0.903. The summed E-state index contributed by atoms with van der Waals surface area (Å²) in [7, 11) is 0. The molecule has 3 rings (SSSR count). The summed E-state index contributed by atoms with van der Waals surface area (Å²) >= 11 is 0. The van der Waals surface area contributed by atoms with Gasteiger partial charge in [0.1, 0.15) is 0 Å². The molecule has 0 aromatic heterocycles. The van der Waals surface area contributed by atoms with E-state index in [-0.39, 0.29) is 25.2 Å². The van der Waals surface area contributed by atoms with Crippen LogP contribution in [0.2, 0.25) is 0 Å². The van der Waals surface area contributed by atoms with Crippen LogP contribution >= 0.6 is 0 Å². The molecular weight excluding hydrogens is 326 g/mol. The van der Waals surface area contributed by atoms with Gasteiger partial charge in [-0.2, -0.15) is 0 Å². The van der Waals surface area contributed by atoms with Crippen LogP contribution in [0.4, 0.5) is 0 Å². The summed E-state index contributed by atoms with van der Waals surface area (Å²) in [5.41, 5.74) is 1.37. The molecule has 136 valence electrons. The van der Waals surface area contributed by atoms with E-state index in [2.05, 4.69) is 0 Å². The molecule has 0 spiro atoms. The van der Waals surface area contributed by atoms with Crippen LogP contribution in [-0.2, 0) is 25.6 Å². The monoisotopic (exact) mass is 349 g/mol. The fraction of sp³-hybridized carbons (Fsp3) is 0.556. The number of rotatable bonds is 5. The van der Waals surface area contributed by atoms with Gasteiger partial charge in [-0.3, -0.25) is 4.79 Å². The van der Waals surface area contributed by atoms with Crippen molar-refractivity contribution in [3.05, 3.63) is 35.4 Å². The lowest BCUT2D eigenvalue weighted by molar-refractivity contribution is -0.154. The van der Waals surface area contributed by atoms with Crippen LogP contribution in [0.5, 0.6) is 0 Å². The van der Waals surface area contributed by atoms with Crippen molar-refractivity contribution < 1.29 is 28.9 Å². The van der Waals surface area contributed by atoms with Crippen molar-refractivity contribution in [2.24, 2.45) is 0 Å². The molecule has 0 radical (unpaired) electrons. The van der Waals surface area contributed by atoms with Gasteiger partial charge in [-0.15, -0.1) is 0 Å². The zero-order valence-electron chi connectivity index (χ0n) is 14.1. The van der Waals surface area contributed by atoms with Crippen molar-refractivity contribution in [1.29, 1.82) is 0 Å². The average molecular weight is 349 g/mol. The zero-order chi connectivity index (χ0) is 17.6. The van der Waals surface area contributed by atoms with E-state index in [0.29, 0.717) is 31.9 Å². The first kappa shape index (κ1) is 17.8. The Morgan fingerprint density at radius 2 is 1.96 bits per heavy atom. The van der Waals surface area contributed by atoms with E-state index in [1.807, 2.05) is 12.1 Å². The standard InChI is InChI=1S/C18H23NO6/c20-17(19-7-10-24-16(11-19)18(21)22)15-4-2-1-3-13(15)12-25-14-5-8-23-9-6-14/h1-4,14,16H,5-12H2,(H,21,22). The molecular formula is C18H23NO6. The molecule has 1 amide bonds. The number of carbonyl (C=O) groups is 2. The van der Waals surface area contributed by atoms with E-state index < -0.39 is 12.1 Å². The minimum absolute atomic E-state index is 0.0589. The van der Waals surface area contributed by atoms with Gasteiger partial charge in [0.2, 0.25) is 0 Å². The molecule has 1 unspecified atom stereocenters. The third kappa shape index (κ3) is 4.56. The molecule has 2 heterocycles. The van der Waals surface area contributed by atoms with E-state index in [4.69, 9.17) is 19.3 Å². The minimum atomic E-state index is -1.05. The summed E-state index contributed by atoms with van der Waals surface area (Å²) in [6, 6.07) is 7.32. The molecule has 25 heavy (non-hydrogen) atoms. The molecule has 1 N–H and O–H groups in total. The highest BCUT2D eigenvalue weighted by Crippen LogP contribution is 2.18. The van der Waals surface area contributed by atoms with Gasteiger partial charge in [0.05, 0.1) is 25.9 Å². The second kappa shape index (κ2) is 8.42. The molecule has 2 fully saturated rings. The smallest absolute Gasteiger partial charge is 0.334 e. The first-order valence-corrected chi connectivity index (χ1v) is 8.56. The molecule has 1 aromatic rings. The number of amides is 1. The Morgan fingerprint density at radius 1 is 1.20 bits per heavy atom. The summed E-state index contributed by atoms with van der Waals surface area (Å²) in [4.78, 5) is 25.5. The van der Waals surface area contributed by atoms with Gasteiger partial charge >= 0.3 is 5.97 Å². The van der Waals surface area contributed by atoms with Crippen LogP contribution in [0.25, 0.3) is 0 Å².